The third-order valence-electron chi connectivity index (χ3n) is 3.37. The van der Waals surface area contributed by atoms with Crippen molar-refractivity contribution in [2.24, 2.45) is 11.8 Å². The van der Waals surface area contributed by atoms with E-state index in [4.69, 9.17) is 4.74 Å². The molecule has 0 aromatic carbocycles. The van der Waals surface area contributed by atoms with Gasteiger partial charge < -0.3 is 10.1 Å². The number of hydrogen-bond donors (Lipinski definition) is 1. The molecule has 0 aromatic rings. The van der Waals surface area contributed by atoms with Gasteiger partial charge in [0.1, 0.15) is 0 Å². The van der Waals surface area contributed by atoms with Gasteiger partial charge in [-0.1, -0.05) is 13.8 Å². The van der Waals surface area contributed by atoms with Crippen LogP contribution in [0.3, 0.4) is 0 Å². The molecule has 1 saturated carbocycles. The molecule has 2 nitrogen and oxygen atoms in total. The lowest BCUT2D eigenvalue weighted by Crippen LogP contribution is -2.43. The van der Waals surface area contributed by atoms with Crippen LogP contribution in [0.5, 0.6) is 0 Å². The molecule has 1 N–H and O–H groups in total. The molecular weight excluding hydrogens is 162 g/mol. The molecule has 1 aliphatic carbocycles. The van der Waals surface area contributed by atoms with Crippen molar-refractivity contribution >= 4 is 0 Å². The fourth-order valence-electron chi connectivity index (χ4n) is 2.47. The molecule has 1 saturated heterocycles. The largest absolute Gasteiger partial charge is 0.376 e. The van der Waals surface area contributed by atoms with Crippen molar-refractivity contribution in [2.45, 2.75) is 45.3 Å². The van der Waals surface area contributed by atoms with E-state index in [9.17, 15) is 0 Å². The van der Waals surface area contributed by atoms with Crippen molar-refractivity contribution in [3.8, 4) is 0 Å². The molecule has 0 amide bonds. The molecule has 1 heterocycles. The monoisotopic (exact) mass is 183 g/mol. The van der Waals surface area contributed by atoms with Crippen LogP contribution in [0.2, 0.25) is 0 Å². The van der Waals surface area contributed by atoms with Crippen LogP contribution in [0, 0.1) is 11.8 Å². The standard InChI is InChI=1S/C11H21NO/c1-8-3-4-11-10(5-8)12-6-9(2)7-13-11/h8-12H,3-7H2,1-2H3. The van der Waals surface area contributed by atoms with Crippen LogP contribution >= 0.6 is 0 Å². The summed E-state index contributed by atoms with van der Waals surface area (Å²) in [5, 5.41) is 3.64. The maximum atomic E-state index is 5.90. The summed E-state index contributed by atoms with van der Waals surface area (Å²) in [7, 11) is 0. The Morgan fingerprint density at radius 2 is 2.00 bits per heavy atom. The van der Waals surface area contributed by atoms with Crippen molar-refractivity contribution in [1.82, 2.24) is 5.32 Å². The minimum Gasteiger partial charge on any atom is -0.376 e. The van der Waals surface area contributed by atoms with Crippen molar-refractivity contribution in [3.63, 3.8) is 0 Å². The average molecular weight is 183 g/mol. The fourth-order valence-corrected chi connectivity index (χ4v) is 2.47. The molecular formula is C11H21NO. The van der Waals surface area contributed by atoms with E-state index in [0.29, 0.717) is 18.1 Å². The average Bonchev–Trinajstić information content (AvgIpc) is 2.29. The van der Waals surface area contributed by atoms with E-state index < -0.39 is 0 Å². The smallest absolute Gasteiger partial charge is 0.0728 e. The summed E-state index contributed by atoms with van der Waals surface area (Å²) in [5.41, 5.74) is 0. The normalized spacial score (nSPS) is 46.6. The van der Waals surface area contributed by atoms with Crippen molar-refractivity contribution < 1.29 is 4.74 Å². The molecule has 2 aliphatic rings. The summed E-state index contributed by atoms with van der Waals surface area (Å²) in [6.07, 6.45) is 4.40. The van der Waals surface area contributed by atoms with Gasteiger partial charge in [0.05, 0.1) is 12.7 Å². The zero-order chi connectivity index (χ0) is 9.26. The first-order valence-corrected chi connectivity index (χ1v) is 5.60. The summed E-state index contributed by atoms with van der Waals surface area (Å²) < 4.78 is 5.90. The van der Waals surface area contributed by atoms with Gasteiger partial charge in [-0.05, 0) is 31.1 Å². The lowest BCUT2D eigenvalue weighted by Gasteiger charge is -2.33. The van der Waals surface area contributed by atoms with E-state index in [1.807, 2.05) is 0 Å². The molecule has 4 unspecified atom stereocenters. The van der Waals surface area contributed by atoms with Gasteiger partial charge in [-0.2, -0.15) is 0 Å². The van der Waals surface area contributed by atoms with Crippen LogP contribution in [0.4, 0.5) is 0 Å². The molecule has 0 radical (unpaired) electrons. The highest BCUT2D eigenvalue weighted by molar-refractivity contribution is 4.86. The number of rotatable bonds is 0. The summed E-state index contributed by atoms with van der Waals surface area (Å²) in [6.45, 7) is 6.69. The van der Waals surface area contributed by atoms with E-state index >= 15 is 0 Å². The third-order valence-corrected chi connectivity index (χ3v) is 3.37. The fraction of sp³-hybridized carbons (Fsp3) is 1.00. The Morgan fingerprint density at radius 1 is 1.15 bits per heavy atom. The molecule has 2 fully saturated rings. The first-order valence-electron chi connectivity index (χ1n) is 5.60. The summed E-state index contributed by atoms with van der Waals surface area (Å²) >= 11 is 0. The van der Waals surface area contributed by atoms with E-state index in [2.05, 4.69) is 19.2 Å². The van der Waals surface area contributed by atoms with Gasteiger partial charge in [-0.15, -0.1) is 0 Å². The molecule has 13 heavy (non-hydrogen) atoms. The molecule has 4 atom stereocenters. The second kappa shape index (κ2) is 3.97. The Labute approximate surface area is 81.0 Å². The molecule has 0 bridgehead atoms. The highest BCUT2D eigenvalue weighted by Crippen LogP contribution is 2.27. The first kappa shape index (κ1) is 9.47. The van der Waals surface area contributed by atoms with Crippen molar-refractivity contribution in [1.29, 1.82) is 0 Å². The SMILES string of the molecule is CC1CNC2CC(C)CCC2OC1. The van der Waals surface area contributed by atoms with Crippen molar-refractivity contribution in [2.75, 3.05) is 13.2 Å². The minimum atomic E-state index is 0.501. The Kier molecular flexibility index (Phi) is 2.89. The van der Waals surface area contributed by atoms with E-state index in [-0.39, 0.29) is 0 Å². The zero-order valence-corrected chi connectivity index (χ0v) is 8.75. The van der Waals surface area contributed by atoms with Gasteiger partial charge in [-0.25, -0.2) is 0 Å². The molecule has 0 aromatic heterocycles. The van der Waals surface area contributed by atoms with E-state index in [0.717, 1.165) is 19.1 Å². The second-order valence-electron chi connectivity index (χ2n) is 4.91. The molecule has 2 rings (SSSR count). The maximum absolute atomic E-state index is 5.90. The third kappa shape index (κ3) is 2.23. The van der Waals surface area contributed by atoms with Crippen LogP contribution in [0.15, 0.2) is 0 Å². The Balaban J connectivity index is 1.95. The number of fused-ring (bicyclic) bond motifs is 1. The van der Waals surface area contributed by atoms with Crippen LogP contribution in [0.25, 0.3) is 0 Å². The molecule has 76 valence electrons. The highest BCUT2D eigenvalue weighted by Gasteiger charge is 2.31. The van der Waals surface area contributed by atoms with Gasteiger partial charge in [0.25, 0.3) is 0 Å². The number of ether oxygens (including phenoxy) is 1. The van der Waals surface area contributed by atoms with Crippen LogP contribution in [0.1, 0.15) is 33.1 Å². The second-order valence-corrected chi connectivity index (χ2v) is 4.91. The van der Waals surface area contributed by atoms with Crippen molar-refractivity contribution in [3.05, 3.63) is 0 Å². The predicted molar refractivity (Wildman–Crippen MR) is 53.7 cm³/mol. The van der Waals surface area contributed by atoms with Gasteiger partial charge in [0, 0.05) is 12.6 Å². The van der Waals surface area contributed by atoms with E-state index in [1.54, 1.807) is 0 Å². The number of nitrogens with one attached hydrogen (secondary N) is 1. The Morgan fingerprint density at radius 3 is 2.85 bits per heavy atom. The Bertz CT molecular complexity index is 171. The number of hydrogen-bond acceptors (Lipinski definition) is 2. The topological polar surface area (TPSA) is 21.3 Å². The van der Waals surface area contributed by atoms with Crippen LogP contribution in [-0.4, -0.2) is 25.3 Å². The van der Waals surface area contributed by atoms with Gasteiger partial charge in [0.15, 0.2) is 0 Å². The lowest BCUT2D eigenvalue weighted by atomic mass is 9.85. The van der Waals surface area contributed by atoms with Gasteiger partial charge in [-0.3, -0.25) is 0 Å². The summed E-state index contributed by atoms with van der Waals surface area (Å²) in [6, 6.07) is 0.633. The Hall–Kier alpha value is -0.0800. The molecule has 0 spiro atoms. The summed E-state index contributed by atoms with van der Waals surface area (Å²) in [4.78, 5) is 0. The lowest BCUT2D eigenvalue weighted by molar-refractivity contribution is 0.00315. The van der Waals surface area contributed by atoms with Crippen LogP contribution < -0.4 is 5.32 Å². The van der Waals surface area contributed by atoms with Crippen LogP contribution in [-0.2, 0) is 4.74 Å². The molecule has 2 heteroatoms. The first-order chi connectivity index (χ1) is 6.25. The quantitative estimate of drug-likeness (QED) is 0.618. The summed E-state index contributed by atoms with van der Waals surface area (Å²) in [5.74, 6) is 1.56. The highest BCUT2D eigenvalue weighted by atomic mass is 16.5. The minimum absolute atomic E-state index is 0.501. The molecule has 1 aliphatic heterocycles. The maximum Gasteiger partial charge on any atom is 0.0728 e. The van der Waals surface area contributed by atoms with E-state index in [1.165, 1.54) is 19.3 Å². The predicted octanol–water partition coefficient (Wildman–Crippen LogP) is 1.80. The van der Waals surface area contributed by atoms with Gasteiger partial charge >= 0.3 is 0 Å². The van der Waals surface area contributed by atoms with Gasteiger partial charge in [0.2, 0.25) is 0 Å². The zero-order valence-electron chi connectivity index (χ0n) is 8.75.